The van der Waals surface area contributed by atoms with Crippen molar-refractivity contribution in [3.63, 3.8) is 0 Å². The highest BCUT2D eigenvalue weighted by Crippen LogP contribution is 2.20. The number of urea groups is 1. The summed E-state index contributed by atoms with van der Waals surface area (Å²) in [6.07, 6.45) is 3.25. The molecule has 0 radical (unpaired) electrons. The third-order valence-electron chi connectivity index (χ3n) is 4.28. The molecule has 1 saturated heterocycles. The molecule has 1 aromatic rings. The molecule has 6 nitrogen and oxygen atoms in total. The highest BCUT2D eigenvalue weighted by molar-refractivity contribution is 5.74. The molecule has 0 saturated carbocycles. The molecule has 2 heterocycles. The molecule has 112 valence electrons. The quantitative estimate of drug-likeness (QED) is 0.869. The van der Waals surface area contributed by atoms with E-state index in [2.05, 4.69) is 10.4 Å². The van der Waals surface area contributed by atoms with Crippen molar-refractivity contribution < 1.29 is 9.90 Å². The Morgan fingerprint density at radius 3 is 2.70 bits per heavy atom. The van der Waals surface area contributed by atoms with Gasteiger partial charge in [0.05, 0.1) is 12.3 Å². The third-order valence-corrected chi connectivity index (χ3v) is 4.28. The Labute approximate surface area is 119 Å². The predicted molar refractivity (Wildman–Crippen MR) is 76.2 cm³/mol. The zero-order valence-corrected chi connectivity index (χ0v) is 12.5. The number of amides is 2. The van der Waals surface area contributed by atoms with Gasteiger partial charge in [-0.05, 0) is 32.6 Å². The molecule has 2 amide bonds. The fourth-order valence-corrected chi connectivity index (χ4v) is 2.59. The average molecular weight is 280 g/mol. The molecule has 0 aliphatic carbocycles. The van der Waals surface area contributed by atoms with E-state index < -0.39 is 0 Å². The van der Waals surface area contributed by atoms with Gasteiger partial charge in [0, 0.05) is 37.9 Å². The first kappa shape index (κ1) is 14.8. The van der Waals surface area contributed by atoms with E-state index in [1.54, 1.807) is 10.9 Å². The van der Waals surface area contributed by atoms with Crippen LogP contribution in [0.15, 0.2) is 6.20 Å². The van der Waals surface area contributed by atoms with Crippen LogP contribution in [0.3, 0.4) is 0 Å². The summed E-state index contributed by atoms with van der Waals surface area (Å²) in [5.74, 6) is 0.319. The average Bonchev–Trinajstić information content (AvgIpc) is 2.76. The van der Waals surface area contributed by atoms with Crippen molar-refractivity contribution in [2.24, 2.45) is 13.0 Å². The number of rotatable bonds is 3. The molecule has 1 atom stereocenters. The summed E-state index contributed by atoms with van der Waals surface area (Å²) in [6, 6.07) is -0.0303. The highest BCUT2D eigenvalue weighted by atomic mass is 16.3. The molecule has 1 fully saturated rings. The number of hydrogen-bond acceptors (Lipinski definition) is 3. The molecule has 1 aliphatic rings. The van der Waals surface area contributed by atoms with E-state index >= 15 is 0 Å². The minimum absolute atomic E-state index is 0.0303. The largest absolute Gasteiger partial charge is 0.393 e. The van der Waals surface area contributed by atoms with E-state index in [1.165, 1.54) is 0 Å². The number of carbonyl (C=O) groups is 1. The van der Waals surface area contributed by atoms with E-state index in [-0.39, 0.29) is 12.1 Å². The van der Waals surface area contributed by atoms with Gasteiger partial charge in [-0.1, -0.05) is 0 Å². The van der Waals surface area contributed by atoms with Crippen molar-refractivity contribution in [2.45, 2.75) is 39.3 Å². The lowest BCUT2D eigenvalue weighted by Gasteiger charge is -2.33. The van der Waals surface area contributed by atoms with Gasteiger partial charge in [0.15, 0.2) is 0 Å². The van der Waals surface area contributed by atoms with Crippen LogP contribution >= 0.6 is 0 Å². The van der Waals surface area contributed by atoms with Crippen LogP contribution in [0.2, 0.25) is 0 Å². The fourth-order valence-electron chi connectivity index (χ4n) is 2.59. The topological polar surface area (TPSA) is 70.4 Å². The number of aliphatic hydroxyl groups is 1. The van der Waals surface area contributed by atoms with Gasteiger partial charge in [-0.15, -0.1) is 0 Å². The van der Waals surface area contributed by atoms with Crippen LogP contribution in [-0.2, 0) is 13.6 Å². The number of likely N-dealkylation sites (tertiary alicyclic amines) is 1. The minimum atomic E-state index is -0.279. The van der Waals surface area contributed by atoms with Gasteiger partial charge in [0.2, 0.25) is 0 Å². The molecule has 2 rings (SSSR count). The summed E-state index contributed by atoms with van der Waals surface area (Å²) < 4.78 is 1.80. The van der Waals surface area contributed by atoms with E-state index in [0.29, 0.717) is 25.6 Å². The summed E-state index contributed by atoms with van der Waals surface area (Å²) in [5.41, 5.74) is 2.11. The molecule has 1 aliphatic heterocycles. The Morgan fingerprint density at radius 2 is 2.20 bits per heavy atom. The van der Waals surface area contributed by atoms with E-state index in [0.717, 1.165) is 24.1 Å². The summed E-state index contributed by atoms with van der Waals surface area (Å²) in [4.78, 5) is 13.9. The first-order valence-electron chi connectivity index (χ1n) is 7.17. The van der Waals surface area contributed by atoms with Crippen LogP contribution in [-0.4, -0.2) is 45.0 Å². The SMILES string of the molecule is Cc1c(CNC(=O)N2CCC(C(C)O)CC2)cnn1C. The number of hydrogen-bond donors (Lipinski definition) is 2. The van der Waals surface area contributed by atoms with Gasteiger partial charge < -0.3 is 15.3 Å². The molecule has 20 heavy (non-hydrogen) atoms. The highest BCUT2D eigenvalue weighted by Gasteiger charge is 2.25. The fraction of sp³-hybridized carbons (Fsp3) is 0.714. The molecule has 0 bridgehead atoms. The van der Waals surface area contributed by atoms with E-state index in [9.17, 15) is 9.90 Å². The second kappa shape index (κ2) is 6.26. The molecule has 1 aromatic heterocycles. The van der Waals surface area contributed by atoms with Crippen molar-refractivity contribution in [3.05, 3.63) is 17.5 Å². The second-order valence-electron chi connectivity index (χ2n) is 5.60. The summed E-state index contributed by atoms with van der Waals surface area (Å²) in [5, 5.41) is 16.7. The van der Waals surface area contributed by atoms with Gasteiger partial charge >= 0.3 is 6.03 Å². The smallest absolute Gasteiger partial charge is 0.317 e. The Kier molecular flexibility index (Phi) is 4.65. The van der Waals surface area contributed by atoms with Crippen molar-refractivity contribution in [2.75, 3.05) is 13.1 Å². The second-order valence-corrected chi connectivity index (χ2v) is 5.60. The monoisotopic (exact) mass is 280 g/mol. The van der Waals surface area contributed by atoms with Gasteiger partial charge in [-0.2, -0.15) is 5.10 Å². The van der Waals surface area contributed by atoms with Crippen LogP contribution in [0.4, 0.5) is 4.79 Å². The van der Waals surface area contributed by atoms with Crippen LogP contribution in [0.5, 0.6) is 0 Å². The van der Waals surface area contributed by atoms with Crippen LogP contribution < -0.4 is 5.32 Å². The predicted octanol–water partition coefficient (Wildman–Crippen LogP) is 1.03. The normalized spacial score (nSPS) is 18.1. The van der Waals surface area contributed by atoms with Crippen LogP contribution in [0.1, 0.15) is 31.0 Å². The van der Waals surface area contributed by atoms with Crippen molar-refractivity contribution in [1.82, 2.24) is 20.0 Å². The van der Waals surface area contributed by atoms with Gasteiger partial charge in [0.25, 0.3) is 0 Å². The maximum atomic E-state index is 12.1. The van der Waals surface area contributed by atoms with Crippen LogP contribution in [0, 0.1) is 12.8 Å². The summed E-state index contributed by atoms with van der Waals surface area (Å²) in [7, 11) is 1.89. The number of aliphatic hydroxyl groups excluding tert-OH is 1. The number of nitrogens with one attached hydrogen (secondary N) is 1. The lowest BCUT2D eigenvalue weighted by Crippen LogP contribution is -2.45. The third kappa shape index (κ3) is 3.30. The number of nitrogens with zero attached hydrogens (tertiary/aromatic N) is 3. The van der Waals surface area contributed by atoms with Crippen molar-refractivity contribution in [3.8, 4) is 0 Å². The number of aryl methyl sites for hydroxylation is 1. The zero-order valence-electron chi connectivity index (χ0n) is 12.5. The summed E-state index contributed by atoms with van der Waals surface area (Å²) in [6.45, 7) is 5.75. The number of carbonyl (C=O) groups excluding carboxylic acids is 1. The Morgan fingerprint density at radius 1 is 1.55 bits per heavy atom. The zero-order chi connectivity index (χ0) is 14.7. The molecule has 0 aromatic carbocycles. The van der Waals surface area contributed by atoms with Crippen LogP contribution in [0.25, 0.3) is 0 Å². The lowest BCUT2D eigenvalue weighted by molar-refractivity contribution is 0.0798. The lowest BCUT2D eigenvalue weighted by atomic mass is 9.92. The first-order chi connectivity index (χ1) is 9.49. The number of aromatic nitrogens is 2. The Bertz CT molecular complexity index is 462. The molecule has 0 spiro atoms. The van der Waals surface area contributed by atoms with Crippen molar-refractivity contribution >= 4 is 6.03 Å². The van der Waals surface area contributed by atoms with Gasteiger partial charge in [-0.3, -0.25) is 4.68 Å². The maximum absolute atomic E-state index is 12.1. The first-order valence-corrected chi connectivity index (χ1v) is 7.17. The van der Waals surface area contributed by atoms with Crippen molar-refractivity contribution in [1.29, 1.82) is 0 Å². The Balaban J connectivity index is 1.80. The molecule has 2 N–H and O–H groups in total. The molecule has 1 unspecified atom stereocenters. The van der Waals surface area contributed by atoms with E-state index in [4.69, 9.17) is 0 Å². The maximum Gasteiger partial charge on any atom is 0.317 e. The summed E-state index contributed by atoms with van der Waals surface area (Å²) >= 11 is 0. The molecular formula is C14H24N4O2. The Hall–Kier alpha value is -1.56. The standard InChI is InChI=1S/C14H24N4O2/c1-10-13(9-16-17(10)3)8-15-14(20)18-6-4-12(5-7-18)11(2)19/h9,11-12,19H,4-8H2,1-3H3,(H,15,20). The molecule has 6 heteroatoms. The minimum Gasteiger partial charge on any atom is -0.393 e. The van der Waals surface area contributed by atoms with E-state index in [1.807, 2.05) is 25.8 Å². The number of piperidine rings is 1. The molecular weight excluding hydrogens is 256 g/mol. The van der Waals surface area contributed by atoms with Gasteiger partial charge in [0.1, 0.15) is 0 Å². The van der Waals surface area contributed by atoms with Gasteiger partial charge in [-0.25, -0.2) is 4.79 Å².